The van der Waals surface area contributed by atoms with E-state index in [1.807, 2.05) is 0 Å². The van der Waals surface area contributed by atoms with Gasteiger partial charge in [-0.25, -0.2) is 4.57 Å². The lowest BCUT2D eigenvalue weighted by molar-refractivity contribution is -0.153. The minimum Gasteiger partial charge on any atom is -0.457 e. The zero-order valence-corrected chi connectivity index (χ0v) is 25.6. The number of carbonyl (C=O) groups is 2. The molecule has 0 fully saturated rings. The molecule has 41 heavy (non-hydrogen) atoms. The van der Waals surface area contributed by atoms with E-state index in [1.54, 1.807) is 6.92 Å². The summed E-state index contributed by atoms with van der Waals surface area (Å²) in [7, 11) is -4.60. The average molecular weight is 603 g/mol. The summed E-state index contributed by atoms with van der Waals surface area (Å²) in [5.74, 6) is -1.11. The third-order valence-corrected chi connectivity index (χ3v) is 6.48. The first-order chi connectivity index (χ1) is 19.8. The Balaban J connectivity index is 3.99. The fourth-order valence-corrected chi connectivity index (χ4v) is 4.10. The molecule has 0 aliphatic rings. The molecule has 3 N–H and O–H groups in total. The molecule has 3 unspecified atom stereocenters. The molecule has 0 saturated carbocycles. The summed E-state index contributed by atoms with van der Waals surface area (Å²) in [5, 5.41) is 18.7. The zero-order valence-electron chi connectivity index (χ0n) is 24.7. The highest BCUT2D eigenvalue weighted by molar-refractivity contribution is 7.47. The number of esters is 2. The Morgan fingerprint density at radius 1 is 0.683 bits per heavy atom. The molecule has 0 radical (unpaired) electrons. The van der Waals surface area contributed by atoms with Gasteiger partial charge in [0.05, 0.1) is 26.4 Å². The van der Waals surface area contributed by atoms with Crippen LogP contribution >= 0.6 is 7.82 Å². The molecule has 0 aromatic rings. The number of ether oxygens (including phenoxy) is 2. The fourth-order valence-electron chi connectivity index (χ4n) is 3.32. The molecule has 3 atom stereocenters. The highest BCUT2D eigenvalue weighted by Crippen LogP contribution is 2.43. The van der Waals surface area contributed by atoms with E-state index in [0.29, 0.717) is 12.8 Å². The molecule has 0 aromatic carbocycles. The molecule has 0 saturated heterocycles. The van der Waals surface area contributed by atoms with Gasteiger partial charge in [-0.05, 0) is 51.4 Å². The number of unbranched alkanes of at least 4 members (excludes halogenated alkanes) is 4. The summed E-state index contributed by atoms with van der Waals surface area (Å²) in [6.45, 7) is 1.57. The quantitative estimate of drug-likeness (QED) is 0.0475. The van der Waals surface area contributed by atoms with Crippen LogP contribution < -0.4 is 0 Å². The third-order valence-electron chi connectivity index (χ3n) is 5.53. The van der Waals surface area contributed by atoms with Crippen molar-refractivity contribution >= 4 is 19.8 Å². The predicted molar refractivity (Wildman–Crippen MR) is 159 cm³/mol. The highest BCUT2D eigenvalue weighted by atomic mass is 31.2. The summed E-state index contributed by atoms with van der Waals surface area (Å²) < 4.78 is 31.6. The molecule has 0 aliphatic heterocycles. The van der Waals surface area contributed by atoms with Gasteiger partial charge >= 0.3 is 19.8 Å². The van der Waals surface area contributed by atoms with Gasteiger partial charge in [0.2, 0.25) is 0 Å². The van der Waals surface area contributed by atoms with Crippen LogP contribution in [0.2, 0.25) is 0 Å². The number of hydrogen-bond acceptors (Lipinski definition) is 9. The molecule has 236 valence electrons. The maximum Gasteiger partial charge on any atom is 0.472 e. The van der Waals surface area contributed by atoms with Crippen molar-refractivity contribution in [3.63, 3.8) is 0 Å². The zero-order chi connectivity index (χ0) is 30.6. The minimum absolute atomic E-state index is 0.138. The number of aliphatic hydroxyl groups excluding tert-OH is 2. The van der Waals surface area contributed by atoms with Crippen LogP contribution in [0.4, 0.5) is 0 Å². The molecule has 0 aliphatic carbocycles. The van der Waals surface area contributed by atoms with E-state index in [-0.39, 0.29) is 12.8 Å². The van der Waals surface area contributed by atoms with E-state index in [2.05, 4.69) is 55.5 Å². The average Bonchev–Trinajstić information content (AvgIpc) is 2.95. The highest BCUT2D eigenvalue weighted by Gasteiger charge is 2.27. The van der Waals surface area contributed by atoms with Crippen LogP contribution in [0.5, 0.6) is 0 Å². The van der Waals surface area contributed by atoms with Gasteiger partial charge in [-0.15, -0.1) is 0 Å². The number of rotatable bonds is 26. The molecule has 0 aromatic heterocycles. The van der Waals surface area contributed by atoms with Crippen molar-refractivity contribution in [3.05, 3.63) is 48.6 Å². The topological polar surface area (TPSA) is 149 Å². The Hall–Kier alpha value is -2.07. The normalized spacial score (nSPS) is 15.1. The number of allylic oxidation sites excluding steroid dienone is 8. The lowest BCUT2D eigenvalue weighted by atomic mass is 10.1. The molecule has 0 heterocycles. The molecule has 0 rings (SSSR count). The first-order valence-electron chi connectivity index (χ1n) is 14.6. The molecular formula is C30H51O10P. The minimum atomic E-state index is -4.60. The van der Waals surface area contributed by atoms with Gasteiger partial charge in [0.25, 0.3) is 0 Å². The largest absolute Gasteiger partial charge is 0.472 e. The molecule has 0 bridgehead atoms. The van der Waals surface area contributed by atoms with E-state index in [9.17, 15) is 29.3 Å². The van der Waals surface area contributed by atoms with Gasteiger partial charge in [-0.3, -0.25) is 18.6 Å². The second-order valence-electron chi connectivity index (χ2n) is 9.35. The summed E-state index contributed by atoms with van der Waals surface area (Å²) in [5.41, 5.74) is 0. The summed E-state index contributed by atoms with van der Waals surface area (Å²) >= 11 is 0. The Bertz CT molecular complexity index is 837. The molecule has 0 amide bonds. The maximum absolute atomic E-state index is 12.1. The summed E-state index contributed by atoms with van der Waals surface area (Å²) in [6, 6.07) is 0. The standard InChI is InChI=1S/C30H51O10P/c1-3-5-6-7-8-9-10-11-12-13-14-15-16-17-18-19-20-22-30(34)40-28(24-32)26-38-41(35,36)37-25-27(23-31)39-29(33)21-4-2/h5-6,8-9,11-12,14-15,27-28,31-32H,3-4,7,10,13,16-26H2,1-2H3,(H,35,36)/b6-5-,9-8-,12-11-,15-14-. The van der Waals surface area contributed by atoms with Crippen LogP contribution in [0, 0.1) is 0 Å². The number of carbonyl (C=O) groups excluding carboxylic acids is 2. The van der Waals surface area contributed by atoms with Gasteiger partial charge in [0, 0.05) is 12.8 Å². The fraction of sp³-hybridized carbons (Fsp3) is 0.667. The Kier molecular flexibility index (Phi) is 25.5. The second-order valence-corrected chi connectivity index (χ2v) is 10.8. The van der Waals surface area contributed by atoms with Crippen LogP contribution in [0.25, 0.3) is 0 Å². The van der Waals surface area contributed by atoms with Gasteiger partial charge in [-0.2, -0.15) is 0 Å². The Morgan fingerprint density at radius 3 is 1.63 bits per heavy atom. The lowest BCUT2D eigenvalue weighted by Gasteiger charge is -2.20. The monoisotopic (exact) mass is 602 g/mol. The van der Waals surface area contributed by atoms with Gasteiger partial charge < -0.3 is 24.6 Å². The lowest BCUT2D eigenvalue weighted by Crippen LogP contribution is -2.28. The van der Waals surface area contributed by atoms with Crippen LogP contribution in [0.15, 0.2) is 48.6 Å². The maximum atomic E-state index is 12.1. The smallest absolute Gasteiger partial charge is 0.457 e. The SMILES string of the molecule is CC/C=C\C/C=C\C/C=C\C/C=C\CCCCCCC(=O)OC(CO)COP(=O)(O)OCC(CO)OC(=O)CCC. The second kappa shape index (κ2) is 26.8. The number of hydrogen-bond donors (Lipinski definition) is 3. The van der Waals surface area contributed by atoms with Crippen molar-refractivity contribution in [2.45, 2.75) is 103 Å². The Labute approximate surface area is 245 Å². The van der Waals surface area contributed by atoms with Gasteiger partial charge in [0.1, 0.15) is 12.2 Å². The summed E-state index contributed by atoms with van der Waals surface area (Å²) in [6.07, 6.45) is 24.3. The predicted octanol–water partition coefficient (Wildman–Crippen LogP) is 5.87. The first kappa shape index (κ1) is 38.9. The van der Waals surface area contributed by atoms with Crippen LogP contribution in [0.1, 0.15) is 90.9 Å². The van der Waals surface area contributed by atoms with E-state index >= 15 is 0 Å². The third kappa shape index (κ3) is 25.4. The molecule has 0 spiro atoms. The first-order valence-corrected chi connectivity index (χ1v) is 16.1. The van der Waals surface area contributed by atoms with E-state index in [0.717, 1.165) is 51.4 Å². The van der Waals surface area contributed by atoms with E-state index in [4.69, 9.17) is 18.5 Å². The van der Waals surface area contributed by atoms with E-state index < -0.39 is 58.4 Å². The van der Waals surface area contributed by atoms with Gasteiger partial charge in [0.15, 0.2) is 0 Å². The van der Waals surface area contributed by atoms with Crippen molar-refractivity contribution in [2.24, 2.45) is 0 Å². The van der Waals surface area contributed by atoms with Crippen molar-refractivity contribution < 1.29 is 47.8 Å². The van der Waals surface area contributed by atoms with Crippen molar-refractivity contribution in [1.82, 2.24) is 0 Å². The number of phosphoric ester groups is 1. The number of phosphoric acid groups is 1. The molecule has 10 nitrogen and oxygen atoms in total. The van der Waals surface area contributed by atoms with Crippen molar-refractivity contribution in [2.75, 3.05) is 26.4 Å². The van der Waals surface area contributed by atoms with Crippen LogP contribution in [0.3, 0.4) is 0 Å². The van der Waals surface area contributed by atoms with Crippen molar-refractivity contribution in [1.29, 1.82) is 0 Å². The Morgan fingerprint density at radius 2 is 1.15 bits per heavy atom. The van der Waals surface area contributed by atoms with E-state index in [1.165, 1.54) is 0 Å². The van der Waals surface area contributed by atoms with Crippen LogP contribution in [-0.2, 0) is 32.7 Å². The molecule has 11 heteroatoms. The molecular weight excluding hydrogens is 551 g/mol. The summed E-state index contributed by atoms with van der Waals surface area (Å²) in [4.78, 5) is 33.3. The van der Waals surface area contributed by atoms with Crippen LogP contribution in [-0.4, -0.2) is 65.7 Å². The van der Waals surface area contributed by atoms with Gasteiger partial charge in [-0.1, -0.05) is 75.3 Å². The number of aliphatic hydroxyl groups is 2. The van der Waals surface area contributed by atoms with Crippen molar-refractivity contribution in [3.8, 4) is 0 Å².